The molecule has 122 valence electrons. The average molecular weight is 331 g/mol. The third kappa shape index (κ3) is 3.08. The predicted octanol–water partition coefficient (Wildman–Crippen LogP) is 4.29. The van der Waals surface area contributed by atoms with E-state index in [4.69, 9.17) is 4.74 Å². The van der Waals surface area contributed by atoms with Gasteiger partial charge in [-0.3, -0.25) is 4.79 Å². The molecule has 0 amide bonds. The standard InChI is InChI=1S/C18H12F3NO2/c1-24-14-6-2-11(3-7-14)15-8-4-12-10-13(18(19,20)21)5-9-16(12)22-17(15)23/h2-10H,1H3. The van der Waals surface area contributed by atoms with Crippen molar-refractivity contribution in [2.75, 3.05) is 7.11 Å². The van der Waals surface area contributed by atoms with E-state index < -0.39 is 17.3 Å². The molecule has 0 N–H and O–H groups in total. The summed E-state index contributed by atoms with van der Waals surface area (Å²) in [5.41, 5.74) is -0.142. The fraction of sp³-hybridized carbons (Fsp3) is 0.111. The Morgan fingerprint density at radius 2 is 1.67 bits per heavy atom. The van der Waals surface area contributed by atoms with Gasteiger partial charge in [-0.1, -0.05) is 18.2 Å². The molecule has 0 radical (unpaired) electrons. The Balaban J connectivity index is 2.16. The summed E-state index contributed by atoms with van der Waals surface area (Å²) in [4.78, 5) is 16.2. The molecule has 2 aromatic carbocycles. The van der Waals surface area contributed by atoms with Crippen molar-refractivity contribution in [1.29, 1.82) is 0 Å². The van der Waals surface area contributed by atoms with Crippen LogP contribution in [-0.2, 0) is 6.18 Å². The number of fused-ring (bicyclic) bond motifs is 1. The Bertz CT molecular complexity index is 951. The second kappa shape index (κ2) is 5.96. The highest BCUT2D eigenvalue weighted by molar-refractivity contribution is 5.80. The normalized spacial score (nSPS) is 11.5. The van der Waals surface area contributed by atoms with Crippen molar-refractivity contribution in [3.05, 3.63) is 70.5 Å². The van der Waals surface area contributed by atoms with Crippen molar-refractivity contribution in [2.45, 2.75) is 6.18 Å². The van der Waals surface area contributed by atoms with Crippen LogP contribution in [0.2, 0.25) is 0 Å². The maximum Gasteiger partial charge on any atom is 0.416 e. The Labute approximate surface area is 135 Å². The lowest BCUT2D eigenvalue weighted by Gasteiger charge is -2.05. The summed E-state index contributed by atoms with van der Waals surface area (Å²) in [7, 11) is 1.53. The molecule has 24 heavy (non-hydrogen) atoms. The molecule has 0 bridgehead atoms. The first-order valence-electron chi connectivity index (χ1n) is 7.05. The first kappa shape index (κ1) is 16.0. The largest absolute Gasteiger partial charge is 0.497 e. The van der Waals surface area contributed by atoms with E-state index in [-0.39, 0.29) is 10.9 Å². The molecule has 6 heteroatoms. The van der Waals surface area contributed by atoms with Crippen LogP contribution in [0.25, 0.3) is 22.0 Å². The van der Waals surface area contributed by atoms with Gasteiger partial charge < -0.3 is 4.74 Å². The smallest absolute Gasteiger partial charge is 0.416 e. The van der Waals surface area contributed by atoms with Crippen molar-refractivity contribution in [3.8, 4) is 16.9 Å². The summed E-state index contributed by atoms with van der Waals surface area (Å²) in [6, 6.07) is 12.9. The summed E-state index contributed by atoms with van der Waals surface area (Å²) in [5, 5.41) is 0.252. The molecular weight excluding hydrogens is 319 g/mol. The van der Waals surface area contributed by atoms with Crippen LogP contribution in [0, 0.1) is 0 Å². The SMILES string of the molecule is COc1ccc(-c2ccc3cc(C(F)(F)F)ccc3nc2=O)cc1. The molecule has 0 spiro atoms. The second-order valence-corrected chi connectivity index (χ2v) is 5.16. The molecular formula is C18H12F3NO2. The van der Waals surface area contributed by atoms with Crippen LogP contribution < -0.4 is 10.3 Å². The zero-order valence-corrected chi connectivity index (χ0v) is 12.6. The van der Waals surface area contributed by atoms with Crippen molar-refractivity contribution in [3.63, 3.8) is 0 Å². The van der Waals surface area contributed by atoms with Crippen molar-refractivity contribution in [2.24, 2.45) is 0 Å². The fourth-order valence-electron chi connectivity index (χ4n) is 2.37. The van der Waals surface area contributed by atoms with E-state index in [0.717, 1.165) is 12.1 Å². The highest BCUT2D eigenvalue weighted by Gasteiger charge is 2.30. The minimum atomic E-state index is -4.44. The molecule has 1 aromatic heterocycles. The molecule has 0 aliphatic heterocycles. The molecule has 1 heterocycles. The van der Waals surface area contributed by atoms with Gasteiger partial charge in [-0.05, 0) is 42.0 Å². The predicted molar refractivity (Wildman–Crippen MR) is 85.0 cm³/mol. The van der Waals surface area contributed by atoms with Gasteiger partial charge in [0.25, 0.3) is 5.56 Å². The van der Waals surface area contributed by atoms with Gasteiger partial charge in [0.1, 0.15) is 5.75 Å². The number of ether oxygens (including phenoxy) is 1. The van der Waals surface area contributed by atoms with Crippen molar-refractivity contribution >= 4 is 10.9 Å². The number of methoxy groups -OCH3 is 1. The Kier molecular flexibility index (Phi) is 3.97. The summed E-state index contributed by atoms with van der Waals surface area (Å²) in [6.45, 7) is 0. The van der Waals surface area contributed by atoms with Crippen LogP contribution in [0.1, 0.15) is 5.56 Å². The number of benzene rings is 2. The molecule has 0 saturated heterocycles. The van der Waals surface area contributed by atoms with Crippen molar-refractivity contribution in [1.82, 2.24) is 4.98 Å². The minimum absolute atomic E-state index is 0.216. The van der Waals surface area contributed by atoms with E-state index in [1.807, 2.05) is 0 Å². The van der Waals surface area contributed by atoms with Gasteiger partial charge >= 0.3 is 6.18 Å². The number of alkyl halides is 3. The highest BCUT2D eigenvalue weighted by Crippen LogP contribution is 2.31. The molecule has 3 rings (SSSR count). The van der Waals surface area contributed by atoms with Gasteiger partial charge in [-0.15, -0.1) is 0 Å². The molecule has 3 aromatic rings. The lowest BCUT2D eigenvalue weighted by Crippen LogP contribution is -2.06. The van der Waals surface area contributed by atoms with E-state index >= 15 is 0 Å². The Morgan fingerprint density at radius 3 is 2.29 bits per heavy atom. The second-order valence-electron chi connectivity index (χ2n) is 5.16. The number of hydrogen-bond donors (Lipinski definition) is 0. The van der Waals surface area contributed by atoms with Gasteiger partial charge in [-0.2, -0.15) is 13.2 Å². The molecule has 0 saturated carbocycles. The van der Waals surface area contributed by atoms with Crippen LogP contribution in [0.4, 0.5) is 13.2 Å². The summed E-state index contributed by atoms with van der Waals surface area (Å²) < 4.78 is 43.5. The summed E-state index contributed by atoms with van der Waals surface area (Å²) >= 11 is 0. The van der Waals surface area contributed by atoms with Crippen LogP contribution in [-0.4, -0.2) is 12.1 Å². The van der Waals surface area contributed by atoms with Gasteiger partial charge in [0.05, 0.1) is 18.2 Å². The van der Waals surface area contributed by atoms with E-state index in [1.54, 1.807) is 24.3 Å². The summed E-state index contributed by atoms with van der Waals surface area (Å²) in [6.07, 6.45) is -4.44. The zero-order valence-electron chi connectivity index (χ0n) is 12.6. The molecule has 0 unspecified atom stereocenters. The number of aromatic nitrogens is 1. The third-order valence-corrected chi connectivity index (χ3v) is 3.64. The Hall–Kier alpha value is -2.89. The van der Waals surface area contributed by atoms with Crippen LogP contribution in [0.15, 0.2) is 59.4 Å². The number of nitrogens with zero attached hydrogens (tertiary/aromatic N) is 1. The van der Waals surface area contributed by atoms with Crippen molar-refractivity contribution < 1.29 is 17.9 Å². The maximum atomic E-state index is 12.8. The van der Waals surface area contributed by atoms with Gasteiger partial charge in [0.2, 0.25) is 0 Å². The average Bonchev–Trinajstić information content (AvgIpc) is 2.71. The lowest BCUT2D eigenvalue weighted by molar-refractivity contribution is -0.137. The third-order valence-electron chi connectivity index (χ3n) is 3.64. The van der Waals surface area contributed by atoms with Gasteiger partial charge in [0, 0.05) is 10.9 Å². The van der Waals surface area contributed by atoms with E-state index in [0.29, 0.717) is 16.9 Å². The van der Waals surface area contributed by atoms with Crippen LogP contribution >= 0.6 is 0 Å². The lowest BCUT2D eigenvalue weighted by atomic mass is 10.1. The fourth-order valence-corrected chi connectivity index (χ4v) is 2.37. The quantitative estimate of drug-likeness (QED) is 0.703. The number of hydrogen-bond acceptors (Lipinski definition) is 3. The van der Waals surface area contributed by atoms with Crippen LogP contribution in [0.3, 0.4) is 0 Å². The van der Waals surface area contributed by atoms with E-state index in [9.17, 15) is 18.0 Å². The highest BCUT2D eigenvalue weighted by atomic mass is 19.4. The number of halogens is 3. The topological polar surface area (TPSA) is 39.2 Å². The first-order valence-corrected chi connectivity index (χ1v) is 7.05. The summed E-state index contributed by atoms with van der Waals surface area (Å²) in [5.74, 6) is 0.638. The molecule has 0 aliphatic carbocycles. The molecule has 0 fully saturated rings. The Morgan fingerprint density at radius 1 is 0.958 bits per heavy atom. The van der Waals surface area contributed by atoms with Crippen LogP contribution in [0.5, 0.6) is 5.75 Å². The number of rotatable bonds is 2. The maximum absolute atomic E-state index is 12.8. The zero-order chi connectivity index (χ0) is 17.3. The van der Waals surface area contributed by atoms with E-state index in [1.165, 1.54) is 25.3 Å². The molecule has 3 nitrogen and oxygen atoms in total. The van der Waals surface area contributed by atoms with E-state index in [2.05, 4.69) is 4.98 Å². The van der Waals surface area contributed by atoms with Gasteiger partial charge in [0.15, 0.2) is 0 Å². The monoisotopic (exact) mass is 331 g/mol. The first-order chi connectivity index (χ1) is 11.4. The molecule has 0 atom stereocenters. The minimum Gasteiger partial charge on any atom is -0.497 e. The van der Waals surface area contributed by atoms with Gasteiger partial charge in [-0.25, -0.2) is 4.98 Å². The molecule has 0 aliphatic rings.